The van der Waals surface area contributed by atoms with Crippen LogP contribution in [0.3, 0.4) is 0 Å². The molecule has 1 aromatic carbocycles. The Balaban J connectivity index is 3.15. The number of benzene rings is 1. The Hall–Kier alpha value is -1.46. The van der Waals surface area contributed by atoms with Gasteiger partial charge in [0.15, 0.2) is 11.5 Å². The van der Waals surface area contributed by atoms with Gasteiger partial charge in [0, 0.05) is 18.6 Å². The maximum absolute atomic E-state index is 5.89. The quantitative estimate of drug-likeness (QED) is 0.764. The van der Waals surface area contributed by atoms with Crippen molar-refractivity contribution in [2.45, 2.75) is 32.4 Å². The summed E-state index contributed by atoms with van der Waals surface area (Å²) in [5, 5.41) is 3.50. The summed E-state index contributed by atoms with van der Waals surface area (Å²) in [6.45, 7) is 4.78. The van der Waals surface area contributed by atoms with Crippen molar-refractivity contribution >= 4 is 0 Å². The first-order valence-corrected chi connectivity index (χ1v) is 6.87. The van der Waals surface area contributed by atoms with Gasteiger partial charge in [0.25, 0.3) is 0 Å². The molecule has 0 saturated carbocycles. The summed E-state index contributed by atoms with van der Waals surface area (Å²) in [5.74, 6) is 1.88. The van der Waals surface area contributed by atoms with Gasteiger partial charge in [-0.15, -0.1) is 0 Å². The van der Waals surface area contributed by atoms with Crippen molar-refractivity contribution in [2.75, 3.05) is 27.9 Å². The second kappa shape index (κ2) is 7.97. The summed E-state index contributed by atoms with van der Waals surface area (Å²) in [6.07, 6.45) is 1.04. The normalized spacial score (nSPS) is 13.7. The molecule has 0 radical (unpaired) electrons. The van der Waals surface area contributed by atoms with Gasteiger partial charge in [-0.05, 0) is 31.0 Å². The van der Waals surface area contributed by atoms with Crippen LogP contribution in [-0.2, 0) is 0 Å². The van der Waals surface area contributed by atoms with E-state index in [0.29, 0.717) is 29.8 Å². The number of methoxy groups -OCH3 is 3. The van der Waals surface area contributed by atoms with E-state index in [0.717, 1.165) is 12.0 Å². The second-order valence-corrected chi connectivity index (χ2v) is 4.72. The van der Waals surface area contributed by atoms with E-state index in [1.807, 2.05) is 12.1 Å². The van der Waals surface area contributed by atoms with Gasteiger partial charge in [0.05, 0.1) is 21.3 Å². The topological polar surface area (TPSA) is 65.7 Å². The Morgan fingerprint density at radius 1 is 1.10 bits per heavy atom. The zero-order valence-electron chi connectivity index (χ0n) is 13.0. The predicted octanol–water partition coefficient (Wildman–Crippen LogP) is 2.10. The lowest BCUT2D eigenvalue weighted by Gasteiger charge is -2.23. The molecule has 0 amide bonds. The van der Waals surface area contributed by atoms with E-state index in [9.17, 15) is 0 Å². The van der Waals surface area contributed by atoms with Gasteiger partial charge in [-0.3, -0.25) is 0 Å². The molecule has 0 aromatic heterocycles. The molecular formula is C15H26N2O3. The van der Waals surface area contributed by atoms with Crippen LogP contribution in [0.2, 0.25) is 0 Å². The molecule has 1 aromatic rings. The highest BCUT2D eigenvalue weighted by atomic mass is 16.5. The molecule has 3 N–H and O–H groups in total. The lowest BCUT2D eigenvalue weighted by molar-refractivity contribution is 0.322. The molecule has 2 atom stereocenters. The van der Waals surface area contributed by atoms with Gasteiger partial charge < -0.3 is 25.3 Å². The van der Waals surface area contributed by atoms with Gasteiger partial charge in [-0.1, -0.05) is 6.92 Å². The monoisotopic (exact) mass is 282 g/mol. The van der Waals surface area contributed by atoms with Gasteiger partial charge in [0.1, 0.15) is 0 Å². The molecule has 5 nitrogen and oxygen atoms in total. The molecule has 2 unspecified atom stereocenters. The van der Waals surface area contributed by atoms with Crippen molar-refractivity contribution in [3.05, 3.63) is 17.7 Å². The van der Waals surface area contributed by atoms with Gasteiger partial charge >= 0.3 is 0 Å². The van der Waals surface area contributed by atoms with Gasteiger partial charge in [-0.25, -0.2) is 0 Å². The summed E-state index contributed by atoms with van der Waals surface area (Å²) in [6, 6.07) is 4.32. The predicted molar refractivity (Wildman–Crippen MR) is 80.8 cm³/mol. The van der Waals surface area contributed by atoms with Crippen LogP contribution in [0.5, 0.6) is 17.2 Å². The highest BCUT2D eigenvalue weighted by Gasteiger charge is 2.18. The Bertz CT molecular complexity index is 399. The molecule has 0 aliphatic heterocycles. The fourth-order valence-electron chi connectivity index (χ4n) is 2.06. The highest BCUT2D eigenvalue weighted by Crippen LogP contribution is 2.39. The minimum absolute atomic E-state index is 0.0543. The fourth-order valence-corrected chi connectivity index (χ4v) is 2.06. The van der Waals surface area contributed by atoms with Crippen molar-refractivity contribution < 1.29 is 14.2 Å². The van der Waals surface area contributed by atoms with Crippen LogP contribution < -0.4 is 25.3 Å². The van der Waals surface area contributed by atoms with E-state index in [-0.39, 0.29) is 6.04 Å². The van der Waals surface area contributed by atoms with Crippen LogP contribution in [0.4, 0.5) is 0 Å². The van der Waals surface area contributed by atoms with Crippen molar-refractivity contribution in [3.63, 3.8) is 0 Å². The SMILES string of the molecule is CCC(C)NC(CN)c1cc(OC)c(OC)c(OC)c1. The van der Waals surface area contributed by atoms with E-state index in [1.54, 1.807) is 21.3 Å². The zero-order chi connectivity index (χ0) is 15.1. The molecule has 0 bridgehead atoms. The smallest absolute Gasteiger partial charge is 0.203 e. The number of hydrogen-bond acceptors (Lipinski definition) is 5. The summed E-state index contributed by atoms with van der Waals surface area (Å²) in [4.78, 5) is 0. The Morgan fingerprint density at radius 3 is 2.00 bits per heavy atom. The minimum Gasteiger partial charge on any atom is -0.493 e. The van der Waals surface area contributed by atoms with Crippen LogP contribution in [0, 0.1) is 0 Å². The number of nitrogens with two attached hydrogens (primary N) is 1. The standard InChI is InChI=1S/C15H26N2O3/c1-6-10(2)17-12(9-16)11-7-13(18-3)15(20-5)14(8-11)19-4/h7-8,10,12,17H,6,9,16H2,1-5H3. The fraction of sp³-hybridized carbons (Fsp3) is 0.600. The summed E-state index contributed by atoms with van der Waals surface area (Å²) >= 11 is 0. The molecule has 0 heterocycles. The molecule has 20 heavy (non-hydrogen) atoms. The lowest BCUT2D eigenvalue weighted by Crippen LogP contribution is -2.34. The van der Waals surface area contributed by atoms with E-state index in [1.165, 1.54) is 0 Å². The molecule has 0 fully saturated rings. The van der Waals surface area contributed by atoms with Gasteiger partial charge in [-0.2, -0.15) is 0 Å². The van der Waals surface area contributed by atoms with Crippen molar-refractivity contribution in [3.8, 4) is 17.2 Å². The van der Waals surface area contributed by atoms with Crippen LogP contribution in [0.25, 0.3) is 0 Å². The number of ether oxygens (including phenoxy) is 3. The molecule has 0 spiro atoms. The van der Waals surface area contributed by atoms with E-state index < -0.39 is 0 Å². The maximum Gasteiger partial charge on any atom is 0.203 e. The zero-order valence-corrected chi connectivity index (χ0v) is 13.0. The summed E-state index contributed by atoms with van der Waals surface area (Å²) < 4.78 is 16.1. The maximum atomic E-state index is 5.89. The van der Waals surface area contributed by atoms with E-state index in [4.69, 9.17) is 19.9 Å². The molecule has 5 heteroatoms. The van der Waals surface area contributed by atoms with E-state index in [2.05, 4.69) is 19.2 Å². The molecule has 0 aliphatic rings. The highest BCUT2D eigenvalue weighted by molar-refractivity contribution is 5.54. The van der Waals surface area contributed by atoms with E-state index >= 15 is 0 Å². The third-order valence-corrected chi connectivity index (χ3v) is 3.42. The molecule has 0 aliphatic carbocycles. The number of nitrogens with one attached hydrogen (secondary N) is 1. The van der Waals surface area contributed by atoms with Crippen LogP contribution in [0.15, 0.2) is 12.1 Å². The number of hydrogen-bond donors (Lipinski definition) is 2. The lowest BCUT2D eigenvalue weighted by atomic mass is 10.0. The average Bonchev–Trinajstić information content (AvgIpc) is 2.50. The Labute approximate surface area is 121 Å². The first kappa shape index (κ1) is 16.6. The van der Waals surface area contributed by atoms with Crippen molar-refractivity contribution in [1.82, 2.24) is 5.32 Å². The van der Waals surface area contributed by atoms with Crippen LogP contribution in [-0.4, -0.2) is 33.9 Å². The third kappa shape index (κ3) is 3.77. The largest absolute Gasteiger partial charge is 0.493 e. The average molecular weight is 282 g/mol. The Morgan fingerprint density at radius 2 is 1.65 bits per heavy atom. The number of rotatable bonds is 8. The van der Waals surface area contributed by atoms with Gasteiger partial charge in [0.2, 0.25) is 5.75 Å². The van der Waals surface area contributed by atoms with Crippen molar-refractivity contribution in [1.29, 1.82) is 0 Å². The van der Waals surface area contributed by atoms with Crippen LogP contribution in [0.1, 0.15) is 31.9 Å². The van der Waals surface area contributed by atoms with Crippen LogP contribution >= 0.6 is 0 Å². The summed E-state index contributed by atoms with van der Waals surface area (Å²) in [7, 11) is 4.82. The first-order chi connectivity index (χ1) is 9.60. The second-order valence-electron chi connectivity index (χ2n) is 4.72. The third-order valence-electron chi connectivity index (χ3n) is 3.42. The molecule has 0 saturated heterocycles. The summed E-state index contributed by atoms with van der Waals surface area (Å²) in [5.41, 5.74) is 6.92. The minimum atomic E-state index is 0.0543. The first-order valence-electron chi connectivity index (χ1n) is 6.87. The molecule has 1 rings (SSSR count). The van der Waals surface area contributed by atoms with Crippen molar-refractivity contribution in [2.24, 2.45) is 5.73 Å². The Kier molecular flexibility index (Phi) is 6.61. The molecule has 114 valence electrons. The molecular weight excluding hydrogens is 256 g/mol.